The first-order valence-electron chi connectivity index (χ1n) is 9.78. The maximum atomic E-state index is 11.4. The van der Waals surface area contributed by atoms with E-state index in [1.165, 1.54) is 11.8 Å². The third-order valence-corrected chi connectivity index (χ3v) is 5.68. The van der Waals surface area contributed by atoms with Gasteiger partial charge in [0, 0.05) is 37.9 Å². The number of ether oxygens (including phenoxy) is 1. The molecule has 0 saturated carbocycles. The lowest BCUT2D eigenvalue weighted by atomic mass is 9.89. The summed E-state index contributed by atoms with van der Waals surface area (Å²) in [5.41, 5.74) is 1.21. The highest BCUT2D eigenvalue weighted by Crippen LogP contribution is 2.33. The monoisotopic (exact) mass is 395 g/mol. The summed E-state index contributed by atoms with van der Waals surface area (Å²) in [4.78, 5) is 4.76. The van der Waals surface area contributed by atoms with E-state index in [0.29, 0.717) is 18.9 Å². The van der Waals surface area contributed by atoms with Gasteiger partial charge in [-0.25, -0.2) is 8.42 Å². The molecule has 0 amide bonds. The van der Waals surface area contributed by atoms with Gasteiger partial charge in [0.25, 0.3) is 0 Å². The average molecular weight is 396 g/mol. The van der Waals surface area contributed by atoms with Crippen molar-refractivity contribution in [3.8, 4) is 0 Å². The topological polar surface area (TPSA) is 79.8 Å². The Balaban J connectivity index is 1.99. The highest BCUT2D eigenvalue weighted by molar-refractivity contribution is 7.90. The average Bonchev–Trinajstić information content (AvgIpc) is 2.65. The van der Waals surface area contributed by atoms with E-state index in [-0.39, 0.29) is 17.9 Å². The molecule has 3 unspecified atom stereocenters. The summed E-state index contributed by atoms with van der Waals surface area (Å²) in [5.74, 6) is 1.24. The van der Waals surface area contributed by atoms with Crippen LogP contribution in [0, 0.1) is 5.92 Å². The second-order valence-electron chi connectivity index (χ2n) is 7.29. The minimum atomic E-state index is -2.95. The molecule has 0 spiro atoms. The molecule has 1 aliphatic heterocycles. The summed E-state index contributed by atoms with van der Waals surface area (Å²) in [6, 6.07) is 10.4. The number of benzene rings is 1. The molecule has 7 heteroatoms. The van der Waals surface area contributed by atoms with E-state index < -0.39 is 9.84 Å². The van der Waals surface area contributed by atoms with E-state index in [4.69, 9.17) is 9.73 Å². The van der Waals surface area contributed by atoms with Gasteiger partial charge in [-0.3, -0.25) is 4.99 Å². The molecule has 1 saturated heterocycles. The van der Waals surface area contributed by atoms with E-state index in [1.807, 2.05) is 32.0 Å². The zero-order chi connectivity index (χ0) is 19.7. The Morgan fingerprint density at radius 2 is 2.07 bits per heavy atom. The Morgan fingerprint density at radius 3 is 2.74 bits per heavy atom. The quantitative estimate of drug-likeness (QED) is 0.522. The summed E-state index contributed by atoms with van der Waals surface area (Å²) < 4.78 is 28.8. The normalized spacial score (nSPS) is 22.3. The number of nitrogens with one attached hydrogen (secondary N) is 2. The van der Waals surface area contributed by atoms with Crippen molar-refractivity contribution in [3.63, 3.8) is 0 Å². The molecular formula is C20H33N3O3S. The van der Waals surface area contributed by atoms with Crippen LogP contribution in [0.2, 0.25) is 0 Å². The van der Waals surface area contributed by atoms with Crippen LogP contribution in [0.25, 0.3) is 0 Å². The van der Waals surface area contributed by atoms with E-state index in [9.17, 15) is 8.42 Å². The van der Waals surface area contributed by atoms with Crippen LogP contribution < -0.4 is 10.6 Å². The number of hydrogen-bond donors (Lipinski definition) is 2. The zero-order valence-corrected chi connectivity index (χ0v) is 17.5. The third-order valence-electron chi connectivity index (χ3n) is 4.71. The lowest BCUT2D eigenvalue weighted by Crippen LogP contribution is -2.43. The van der Waals surface area contributed by atoms with Crippen molar-refractivity contribution in [2.75, 3.05) is 31.7 Å². The summed E-state index contributed by atoms with van der Waals surface area (Å²) in [6.07, 6.45) is 4.05. The van der Waals surface area contributed by atoms with Crippen molar-refractivity contribution in [3.05, 3.63) is 35.9 Å². The number of sulfone groups is 1. The van der Waals surface area contributed by atoms with Crippen molar-refractivity contribution < 1.29 is 13.2 Å². The highest BCUT2D eigenvalue weighted by atomic mass is 32.2. The van der Waals surface area contributed by atoms with Crippen molar-refractivity contribution in [2.45, 2.75) is 45.3 Å². The molecule has 0 aliphatic carbocycles. The first-order chi connectivity index (χ1) is 12.9. The molecule has 1 aliphatic rings. The molecule has 0 radical (unpaired) electrons. The maximum Gasteiger partial charge on any atom is 0.191 e. The first-order valence-corrected chi connectivity index (χ1v) is 11.8. The van der Waals surface area contributed by atoms with E-state index >= 15 is 0 Å². The van der Waals surface area contributed by atoms with E-state index in [1.54, 1.807) is 0 Å². The Kier molecular flexibility index (Phi) is 8.57. The first kappa shape index (κ1) is 21.7. The predicted molar refractivity (Wildman–Crippen MR) is 111 cm³/mol. The largest absolute Gasteiger partial charge is 0.373 e. The third kappa shape index (κ3) is 7.89. The molecule has 1 aromatic carbocycles. The van der Waals surface area contributed by atoms with Crippen LogP contribution in [-0.4, -0.2) is 52.1 Å². The van der Waals surface area contributed by atoms with Gasteiger partial charge in [-0.05, 0) is 38.7 Å². The highest BCUT2D eigenvalue weighted by Gasteiger charge is 2.27. The molecule has 1 fully saturated rings. The fourth-order valence-electron chi connectivity index (χ4n) is 3.27. The van der Waals surface area contributed by atoms with Crippen LogP contribution >= 0.6 is 0 Å². The minimum absolute atomic E-state index is 0.0325. The van der Waals surface area contributed by atoms with E-state index in [0.717, 1.165) is 32.0 Å². The lowest BCUT2D eigenvalue weighted by Gasteiger charge is -2.31. The molecule has 6 nitrogen and oxygen atoms in total. The summed E-state index contributed by atoms with van der Waals surface area (Å²) >= 11 is 0. The van der Waals surface area contributed by atoms with E-state index in [2.05, 4.69) is 22.8 Å². The Labute approximate surface area is 163 Å². The van der Waals surface area contributed by atoms with Gasteiger partial charge in [0.2, 0.25) is 0 Å². The number of aliphatic imine (C=N–C) groups is 1. The van der Waals surface area contributed by atoms with Gasteiger partial charge >= 0.3 is 0 Å². The van der Waals surface area contributed by atoms with Gasteiger partial charge in [0.1, 0.15) is 9.84 Å². The van der Waals surface area contributed by atoms with Crippen LogP contribution in [0.1, 0.15) is 44.8 Å². The number of rotatable bonds is 8. The fourth-order valence-corrected chi connectivity index (χ4v) is 4.05. The maximum absolute atomic E-state index is 11.4. The molecular weight excluding hydrogens is 362 g/mol. The van der Waals surface area contributed by atoms with Gasteiger partial charge in [0.05, 0.1) is 11.9 Å². The van der Waals surface area contributed by atoms with Crippen LogP contribution in [0.15, 0.2) is 35.3 Å². The summed E-state index contributed by atoms with van der Waals surface area (Å²) in [5, 5.41) is 6.57. The van der Waals surface area contributed by atoms with Crippen LogP contribution in [-0.2, 0) is 14.6 Å². The predicted octanol–water partition coefficient (Wildman–Crippen LogP) is 2.53. The van der Waals surface area contributed by atoms with Crippen molar-refractivity contribution >= 4 is 15.8 Å². The second kappa shape index (κ2) is 10.7. The molecule has 2 rings (SSSR count). The minimum Gasteiger partial charge on any atom is -0.373 e. The number of nitrogens with zero attached hydrogens (tertiary/aromatic N) is 1. The van der Waals surface area contributed by atoms with Crippen LogP contribution in [0.5, 0.6) is 0 Å². The number of hydrogen-bond acceptors (Lipinski definition) is 4. The second-order valence-corrected chi connectivity index (χ2v) is 9.55. The molecule has 3 atom stereocenters. The van der Waals surface area contributed by atoms with Gasteiger partial charge in [-0.2, -0.15) is 0 Å². The lowest BCUT2D eigenvalue weighted by molar-refractivity contribution is -0.0250. The van der Waals surface area contributed by atoms with Gasteiger partial charge in [0.15, 0.2) is 5.96 Å². The summed E-state index contributed by atoms with van der Waals surface area (Å²) in [7, 11) is -2.95. The molecule has 152 valence electrons. The smallest absolute Gasteiger partial charge is 0.191 e. The Hall–Kier alpha value is -1.60. The Morgan fingerprint density at radius 1 is 1.33 bits per heavy atom. The molecule has 1 aromatic rings. The molecule has 27 heavy (non-hydrogen) atoms. The molecule has 0 aromatic heterocycles. The molecule has 2 N–H and O–H groups in total. The van der Waals surface area contributed by atoms with Crippen LogP contribution in [0.3, 0.4) is 0 Å². The van der Waals surface area contributed by atoms with Crippen LogP contribution in [0.4, 0.5) is 0 Å². The van der Waals surface area contributed by atoms with Gasteiger partial charge < -0.3 is 15.4 Å². The van der Waals surface area contributed by atoms with Gasteiger partial charge in [-0.1, -0.05) is 30.3 Å². The fraction of sp³-hybridized carbons (Fsp3) is 0.650. The van der Waals surface area contributed by atoms with Crippen molar-refractivity contribution in [1.82, 2.24) is 10.6 Å². The standard InChI is InChI=1S/C20H33N3O3S/c1-4-21-20(23-16(2)12-14-27(3,24)25)22-15-18-11-8-13-26-19(18)17-9-6-5-7-10-17/h5-7,9-10,16,18-19H,4,8,11-15H2,1-3H3,(H2,21,22,23). The zero-order valence-electron chi connectivity index (χ0n) is 16.6. The Bertz CT molecular complexity index is 692. The van der Waals surface area contributed by atoms with Crippen molar-refractivity contribution in [1.29, 1.82) is 0 Å². The SMILES string of the molecule is CCNC(=NCC1CCCOC1c1ccccc1)NC(C)CCS(C)(=O)=O. The summed E-state index contributed by atoms with van der Waals surface area (Å²) in [6.45, 7) is 6.23. The van der Waals surface area contributed by atoms with Crippen molar-refractivity contribution in [2.24, 2.45) is 10.9 Å². The van der Waals surface area contributed by atoms with Gasteiger partial charge in [-0.15, -0.1) is 0 Å². The molecule has 0 bridgehead atoms. The molecule has 1 heterocycles. The number of guanidine groups is 1.